The molecular weight excluding hydrogens is 302 g/mol. The lowest BCUT2D eigenvalue weighted by molar-refractivity contribution is 0.0702. The average Bonchev–Trinajstić information content (AvgIpc) is 2.73. The molecule has 0 amide bonds. The molecule has 6 nitrogen and oxygen atoms in total. The Morgan fingerprint density at radius 3 is 2.55 bits per heavy atom. The highest BCUT2D eigenvalue weighted by molar-refractivity contribution is 7.89. The number of aromatic carboxylic acids is 1. The van der Waals surface area contributed by atoms with Crippen molar-refractivity contribution in [2.24, 2.45) is 0 Å². The molecule has 1 N–H and O–H groups in total. The maximum atomic E-state index is 12.6. The predicted octanol–water partition coefficient (Wildman–Crippen LogP) is 1.80. The molecule has 1 atom stereocenters. The number of hydrogen-bond donors (Lipinski definition) is 1. The quantitative estimate of drug-likeness (QED) is 0.828. The third kappa shape index (κ3) is 3.38. The summed E-state index contributed by atoms with van der Waals surface area (Å²) in [6.45, 7) is 5.68. The van der Waals surface area contributed by atoms with Crippen LogP contribution in [-0.4, -0.2) is 50.1 Å². The minimum absolute atomic E-state index is 0.0246. The van der Waals surface area contributed by atoms with Gasteiger partial charge >= 0.3 is 5.97 Å². The summed E-state index contributed by atoms with van der Waals surface area (Å²) in [4.78, 5) is 11.5. The smallest absolute Gasteiger partial charge is 0.345 e. The molecule has 0 saturated carbocycles. The molecule has 8 heteroatoms. The van der Waals surface area contributed by atoms with Crippen molar-refractivity contribution in [2.75, 3.05) is 20.3 Å². The van der Waals surface area contributed by atoms with Crippen LogP contribution in [0.4, 0.5) is 0 Å². The van der Waals surface area contributed by atoms with Crippen LogP contribution in [0.25, 0.3) is 0 Å². The van der Waals surface area contributed by atoms with Gasteiger partial charge in [0.25, 0.3) is 0 Å². The summed E-state index contributed by atoms with van der Waals surface area (Å²) in [6.07, 6.45) is 0. The molecule has 0 spiro atoms. The Bertz CT molecular complexity index is 579. The van der Waals surface area contributed by atoms with E-state index in [2.05, 4.69) is 0 Å². The highest BCUT2D eigenvalue weighted by Crippen LogP contribution is 2.29. The van der Waals surface area contributed by atoms with Gasteiger partial charge in [0.05, 0.1) is 11.5 Å². The summed E-state index contributed by atoms with van der Waals surface area (Å²) < 4.78 is 31.6. The minimum atomic E-state index is -3.72. The zero-order valence-corrected chi connectivity index (χ0v) is 13.5. The Labute approximate surface area is 123 Å². The Hall–Kier alpha value is -0.960. The van der Waals surface area contributed by atoms with E-state index in [0.717, 1.165) is 11.3 Å². The van der Waals surface area contributed by atoms with E-state index in [1.54, 1.807) is 20.8 Å². The molecule has 1 rings (SSSR count). The van der Waals surface area contributed by atoms with Crippen molar-refractivity contribution < 1.29 is 23.1 Å². The zero-order valence-electron chi connectivity index (χ0n) is 11.9. The van der Waals surface area contributed by atoms with E-state index in [9.17, 15) is 13.2 Å². The van der Waals surface area contributed by atoms with E-state index < -0.39 is 16.0 Å². The third-order valence-electron chi connectivity index (χ3n) is 2.88. The molecule has 0 saturated heterocycles. The number of methoxy groups -OCH3 is 1. The molecule has 1 unspecified atom stereocenters. The van der Waals surface area contributed by atoms with Crippen molar-refractivity contribution in [3.8, 4) is 0 Å². The van der Waals surface area contributed by atoms with E-state index in [1.807, 2.05) is 0 Å². The number of carbonyl (C=O) groups is 1. The number of nitrogens with zero attached hydrogens (tertiary/aromatic N) is 1. The molecule has 0 aliphatic rings. The molecule has 1 aromatic rings. The van der Waals surface area contributed by atoms with Gasteiger partial charge in [-0.15, -0.1) is 11.3 Å². The van der Waals surface area contributed by atoms with Crippen LogP contribution in [0.15, 0.2) is 11.0 Å². The van der Waals surface area contributed by atoms with Gasteiger partial charge < -0.3 is 9.84 Å². The molecular formula is C12H19NO5S2. The maximum absolute atomic E-state index is 12.6. The molecule has 0 aromatic carbocycles. The van der Waals surface area contributed by atoms with Gasteiger partial charge in [0.1, 0.15) is 4.88 Å². The number of carboxylic acids is 1. The van der Waals surface area contributed by atoms with Crippen molar-refractivity contribution in [1.82, 2.24) is 4.31 Å². The second kappa shape index (κ2) is 6.66. The first kappa shape index (κ1) is 17.1. The predicted molar refractivity (Wildman–Crippen MR) is 76.9 cm³/mol. The summed E-state index contributed by atoms with van der Waals surface area (Å²) in [6, 6.07) is 0.905. The molecule has 0 fully saturated rings. The highest BCUT2D eigenvalue weighted by Gasteiger charge is 2.31. The molecule has 0 aliphatic carbocycles. The number of likely N-dealkylation sites (N-methyl/N-ethyl adjacent to an activating group) is 1. The number of sulfonamides is 1. The summed E-state index contributed by atoms with van der Waals surface area (Å²) in [5.41, 5.74) is 0. The van der Waals surface area contributed by atoms with E-state index >= 15 is 0 Å². The monoisotopic (exact) mass is 321 g/mol. The fourth-order valence-electron chi connectivity index (χ4n) is 2.00. The largest absolute Gasteiger partial charge is 0.477 e. The van der Waals surface area contributed by atoms with Gasteiger partial charge in [-0.25, -0.2) is 13.2 Å². The second-order valence-corrected chi connectivity index (χ2v) is 7.46. The number of thiophene rings is 1. The lowest BCUT2D eigenvalue weighted by atomic mass is 10.4. The first-order valence-electron chi connectivity index (χ1n) is 6.10. The first-order chi connectivity index (χ1) is 9.25. The van der Waals surface area contributed by atoms with Crippen molar-refractivity contribution >= 4 is 27.3 Å². The Kier molecular flexibility index (Phi) is 5.69. The number of hydrogen-bond acceptors (Lipinski definition) is 5. The van der Waals surface area contributed by atoms with Crippen molar-refractivity contribution in [3.63, 3.8) is 0 Å². The molecule has 0 radical (unpaired) electrons. The van der Waals surface area contributed by atoms with Crippen LogP contribution < -0.4 is 0 Å². The van der Waals surface area contributed by atoms with Gasteiger partial charge in [-0.3, -0.25) is 0 Å². The zero-order chi connectivity index (χ0) is 15.5. The molecule has 20 heavy (non-hydrogen) atoms. The van der Waals surface area contributed by atoms with Gasteiger partial charge in [0, 0.05) is 24.6 Å². The Balaban J connectivity index is 3.24. The van der Waals surface area contributed by atoms with Gasteiger partial charge in [-0.1, -0.05) is 6.92 Å². The van der Waals surface area contributed by atoms with E-state index in [-0.39, 0.29) is 22.4 Å². The van der Waals surface area contributed by atoms with Crippen LogP contribution >= 0.6 is 11.3 Å². The lowest BCUT2D eigenvalue weighted by Crippen LogP contribution is -2.40. The van der Waals surface area contributed by atoms with E-state index in [4.69, 9.17) is 9.84 Å². The number of aryl methyl sites for hydroxylation is 1. The SMILES string of the molecule is CCN(C(C)COC)S(=O)(=O)c1cc(C(=O)O)sc1C. The summed E-state index contributed by atoms with van der Waals surface area (Å²) >= 11 is 0.966. The standard InChI is InChI=1S/C12H19NO5S2/c1-5-13(8(2)7-18-4)20(16,17)11-6-10(12(14)15)19-9(11)3/h6,8H,5,7H2,1-4H3,(H,14,15). The van der Waals surface area contributed by atoms with Crippen LogP contribution in [0.3, 0.4) is 0 Å². The Morgan fingerprint density at radius 2 is 2.15 bits per heavy atom. The number of carboxylic acid groups (broad SMARTS) is 1. The van der Waals surface area contributed by atoms with Crippen LogP contribution in [0, 0.1) is 6.92 Å². The first-order valence-corrected chi connectivity index (χ1v) is 8.35. The van der Waals surface area contributed by atoms with Gasteiger partial charge in [0.15, 0.2) is 0 Å². The summed E-state index contributed by atoms with van der Waals surface area (Å²) in [5.74, 6) is -1.12. The van der Waals surface area contributed by atoms with Crippen LogP contribution in [-0.2, 0) is 14.8 Å². The second-order valence-electron chi connectivity index (χ2n) is 4.35. The fourth-order valence-corrected chi connectivity index (χ4v) is 5.02. The topological polar surface area (TPSA) is 83.9 Å². The molecule has 0 bridgehead atoms. The summed E-state index contributed by atoms with van der Waals surface area (Å²) in [5, 5.41) is 8.96. The van der Waals surface area contributed by atoms with Crippen molar-refractivity contribution in [2.45, 2.75) is 31.7 Å². The normalized spacial score (nSPS) is 13.7. The van der Waals surface area contributed by atoms with E-state index in [0.29, 0.717) is 11.4 Å². The maximum Gasteiger partial charge on any atom is 0.345 e. The third-order valence-corrected chi connectivity index (χ3v) is 6.26. The number of ether oxygens (including phenoxy) is 1. The van der Waals surface area contributed by atoms with Crippen molar-refractivity contribution in [3.05, 3.63) is 15.8 Å². The Morgan fingerprint density at radius 1 is 1.55 bits per heavy atom. The van der Waals surface area contributed by atoms with Crippen LogP contribution in [0.1, 0.15) is 28.4 Å². The number of rotatable bonds is 7. The van der Waals surface area contributed by atoms with E-state index in [1.165, 1.54) is 17.5 Å². The van der Waals surface area contributed by atoms with Crippen LogP contribution in [0.5, 0.6) is 0 Å². The molecule has 1 heterocycles. The van der Waals surface area contributed by atoms with Crippen LogP contribution in [0.2, 0.25) is 0 Å². The lowest BCUT2D eigenvalue weighted by Gasteiger charge is -2.26. The average molecular weight is 321 g/mol. The van der Waals surface area contributed by atoms with Crippen molar-refractivity contribution in [1.29, 1.82) is 0 Å². The van der Waals surface area contributed by atoms with Gasteiger partial charge in [0.2, 0.25) is 10.0 Å². The fraction of sp³-hybridized carbons (Fsp3) is 0.583. The summed E-state index contributed by atoms with van der Waals surface area (Å²) in [7, 11) is -2.21. The minimum Gasteiger partial charge on any atom is -0.477 e. The van der Waals surface area contributed by atoms with Gasteiger partial charge in [-0.2, -0.15) is 4.31 Å². The van der Waals surface area contributed by atoms with Gasteiger partial charge in [-0.05, 0) is 19.9 Å². The highest BCUT2D eigenvalue weighted by atomic mass is 32.2. The molecule has 1 aromatic heterocycles. The molecule has 114 valence electrons. The molecule has 0 aliphatic heterocycles.